The molecule has 0 amide bonds. The van der Waals surface area contributed by atoms with Gasteiger partial charge in [0.25, 0.3) is 0 Å². The Balaban J connectivity index is 2.86. The van der Waals surface area contributed by atoms with Gasteiger partial charge in [-0.15, -0.1) is 0 Å². The first-order valence-corrected chi connectivity index (χ1v) is 4.54. The molecule has 0 aliphatic heterocycles. The second kappa shape index (κ2) is 5.49. The van der Waals surface area contributed by atoms with Crippen molar-refractivity contribution in [2.45, 2.75) is 27.2 Å². The fourth-order valence-electron chi connectivity index (χ4n) is 0.437. The van der Waals surface area contributed by atoms with Gasteiger partial charge in [-0.3, -0.25) is 0 Å². The quantitative estimate of drug-likeness (QED) is 0.567. The van der Waals surface area contributed by atoms with E-state index < -0.39 is 0 Å². The van der Waals surface area contributed by atoms with Crippen LogP contribution in [0.2, 0.25) is 0 Å². The molecule has 0 heterocycles. The molecule has 0 aromatic rings. The molecule has 0 radical (unpaired) electrons. The molecular formula is C7H16S. The summed E-state index contributed by atoms with van der Waals surface area (Å²) in [6.45, 7) is 6.77. The molecule has 0 unspecified atom stereocenters. The largest absolute Gasteiger partial charge is 0.162 e. The van der Waals surface area contributed by atoms with E-state index in [4.69, 9.17) is 0 Å². The van der Waals surface area contributed by atoms with Crippen LogP contribution < -0.4 is 0 Å². The van der Waals surface area contributed by atoms with Gasteiger partial charge < -0.3 is 0 Å². The molecule has 0 aliphatic carbocycles. The lowest BCUT2D eigenvalue weighted by Crippen LogP contribution is -1.94. The third-order valence-corrected chi connectivity index (χ3v) is 2.52. The van der Waals surface area contributed by atoms with E-state index in [2.05, 4.69) is 20.8 Å². The van der Waals surface area contributed by atoms with E-state index >= 15 is 0 Å². The molecule has 0 fully saturated rings. The standard InChI is InChI=1S/C7H16S/c1-4-7(3)6-8-5-2/h7H,4-6H2,1-3H3/t7-/m1/s1. The van der Waals surface area contributed by atoms with Crippen LogP contribution in [0.3, 0.4) is 0 Å². The third-order valence-electron chi connectivity index (χ3n) is 1.30. The van der Waals surface area contributed by atoms with E-state index in [1.807, 2.05) is 11.8 Å². The van der Waals surface area contributed by atoms with Crippen molar-refractivity contribution in [1.82, 2.24) is 0 Å². The predicted octanol–water partition coefficient (Wildman–Crippen LogP) is 2.79. The number of hydrogen-bond acceptors (Lipinski definition) is 1. The zero-order chi connectivity index (χ0) is 6.41. The fraction of sp³-hybridized carbons (Fsp3) is 1.00. The first-order valence-electron chi connectivity index (χ1n) is 3.39. The summed E-state index contributed by atoms with van der Waals surface area (Å²) in [7, 11) is 0. The number of rotatable bonds is 4. The Morgan fingerprint density at radius 3 is 2.38 bits per heavy atom. The minimum absolute atomic E-state index is 0.917. The third kappa shape index (κ3) is 4.51. The van der Waals surface area contributed by atoms with Crippen LogP contribution >= 0.6 is 11.8 Å². The maximum Gasteiger partial charge on any atom is -0.00420 e. The van der Waals surface area contributed by atoms with Gasteiger partial charge in [0, 0.05) is 0 Å². The molecule has 0 rings (SSSR count). The summed E-state index contributed by atoms with van der Waals surface area (Å²) in [5, 5.41) is 0. The molecule has 8 heavy (non-hydrogen) atoms. The molecule has 1 atom stereocenters. The minimum atomic E-state index is 0.917. The Morgan fingerprint density at radius 2 is 2.00 bits per heavy atom. The van der Waals surface area contributed by atoms with Crippen molar-refractivity contribution >= 4 is 11.8 Å². The Bertz CT molecular complexity index is 43.7. The van der Waals surface area contributed by atoms with Crippen molar-refractivity contribution in [3.8, 4) is 0 Å². The highest BCUT2D eigenvalue weighted by Gasteiger charge is 1.94. The second-order valence-corrected chi connectivity index (χ2v) is 3.49. The average molecular weight is 132 g/mol. The van der Waals surface area contributed by atoms with Gasteiger partial charge in [-0.05, 0) is 17.4 Å². The molecule has 0 saturated heterocycles. The predicted molar refractivity (Wildman–Crippen MR) is 42.5 cm³/mol. The molecule has 50 valence electrons. The topological polar surface area (TPSA) is 0 Å². The first kappa shape index (κ1) is 8.35. The molecule has 0 nitrogen and oxygen atoms in total. The maximum atomic E-state index is 2.31. The van der Waals surface area contributed by atoms with Gasteiger partial charge in [0.15, 0.2) is 0 Å². The van der Waals surface area contributed by atoms with Crippen LogP contribution in [-0.2, 0) is 0 Å². The molecule has 0 bridgehead atoms. The monoisotopic (exact) mass is 132 g/mol. The fourth-order valence-corrected chi connectivity index (χ4v) is 1.31. The zero-order valence-electron chi connectivity index (χ0n) is 6.11. The summed E-state index contributed by atoms with van der Waals surface area (Å²) in [6, 6.07) is 0. The molecule has 0 N–H and O–H groups in total. The molecular weight excluding hydrogens is 116 g/mol. The van der Waals surface area contributed by atoms with Crippen LogP contribution in [0.1, 0.15) is 27.2 Å². The van der Waals surface area contributed by atoms with Gasteiger partial charge in [0.2, 0.25) is 0 Å². The van der Waals surface area contributed by atoms with Crippen molar-refractivity contribution in [3.05, 3.63) is 0 Å². The van der Waals surface area contributed by atoms with Gasteiger partial charge in [0.1, 0.15) is 0 Å². The van der Waals surface area contributed by atoms with Crippen LogP contribution in [0.5, 0.6) is 0 Å². The molecule has 1 heteroatoms. The Labute approximate surface area is 57.1 Å². The summed E-state index contributed by atoms with van der Waals surface area (Å²) >= 11 is 2.04. The summed E-state index contributed by atoms with van der Waals surface area (Å²) in [6.07, 6.45) is 1.33. The van der Waals surface area contributed by atoms with Crippen LogP contribution in [0, 0.1) is 5.92 Å². The van der Waals surface area contributed by atoms with Crippen LogP contribution in [-0.4, -0.2) is 11.5 Å². The van der Waals surface area contributed by atoms with E-state index in [0.29, 0.717) is 0 Å². The van der Waals surface area contributed by atoms with Crippen LogP contribution in [0.15, 0.2) is 0 Å². The van der Waals surface area contributed by atoms with Crippen molar-refractivity contribution in [2.75, 3.05) is 11.5 Å². The van der Waals surface area contributed by atoms with E-state index in [1.54, 1.807) is 0 Å². The van der Waals surface area contributed by atoms with Crippen molar-refractivity contribution in [2.24, 2.45) is 5.92 Å². The van der Waals surface area contributed by atoms with E-state index in [9.17, 15) is 0 Å². The average Bonchev–Trinajstić information content (AvgIpc) is 1.83. The Kier molecular flexibility index (Phi) is 5.73. The van der Waals surface area contributed by atoms with E-state index in [-0.39, 0.29) is 0 Å². The van der Waals surface area contributed by atoms with Crippen molar-refractivity contribution in [3.63, 3.8) is 0 Å². The highest BCUT2D eigenvalue weighted by molar-refractivity contribution is 7.99. The van der Waals surface area contributed by atoms with Gasteiger partial charge >= 0.3 is 0 Å². The molecule has 0 aromatic carbocycles. The molecule has 0 aromatic heterocycles. The highest BCUT2D eigenvalue weighted by Crippen LogP contribution is 2.09. The SMILES string of the molecule is CCSC[C@H](C)CC. The molecule has 0 spiro atoms. The summed E-state index contributed by atoms with van der Waals surface area (Å²) in [5.74, 6) is 3.53. The summed E-state index contributed by atoms with van der Waals surface area (Å²) < 4.78 is 0. The van der Waals surface area contributed by atoms with Gasteiger partial charge in [-0.1, -0.05) is 27.2 Å². The Hall–Kier alpha value is 0.350. The number of hydrogen-bond donors (Lipinski definition) is 0. The van der Waals surface area contributed by atoms with E-state index in [0.717, 1.165) is 5.92 Å². The van der Waals surface area contributed by atoms with Crippen molar-refractivity contribution < 1.29 is 0 Å². The minimum Gasteiger partial charge on any atom is -0.162 e. The second-order valence-electron chi connectivity index (χ2n) is 2.17. The van der Waals surface area contributed by atoms with Crippen LogP contribution in [0.25, 0.3) is 0 Å². The highest BCUT2D eigenvalue weighted by atomic mass is 32.2. The van der Waals surface area contributed by atoms with Gasteiger partial charge in [0.05, 0.1) is 0 Å². The smallest absolute Gasteiger partial charge is 0.00420 e. The lowest BCUT2D eigenvalue weighted by molar-refractivity contribution is 0.637. The van der Waals surface area contributed by atoms with Crippen molar-refractivity contribution in [1.29, 1.82) is 0 Å². The maximum absolute atomic E-state index is 2.31. The summed E-state index contributed by atoms with van der Waals surface area (Å²) in [4.78, 5) is 0. The normalized spacial score (nSPS) is 13.9. The van der Waals surface area contributed by atoms with Gasteiger partial charge in [-0.2, -0.15) is 11.8 Å². The lowest BCUT2D eigenvalue weighted by Gasteiger charge is -2.04. The summed E-state index contributed by atoms with van der Waals surface area (Å²) in [5.41, 5.74) is 0. The lowest BCUT2D eigenvalue weighted by atomic mass is 10.2. The number of thioether (sulfide) groups is 1. The molecule has 0 aliphatic rings. The molecule has 0 saturated carbocycles. The van der Waals surface area contributed by atoms with Gasteiger partial charge in [-0.25, -0.2) is 0 Å². The zero-order valence-corrected chi connectivity index (χ0v) is 6.92. The van der Waals surface area contributed by atoms with Crippen LogP contribution in [0.4, 0.5) is 0 Å². The van der Waals surface area contributed by atoms with E-state index in [1.165, 1.54) is 17.9 Å². The first-order chi connectivity index (χ1) is 3.81. The Morgan fingerprint density at radius 1 is 1.38 bits per heavy atom.